The summed E-state index contributed by atoms with van der Waals surface area (Å²) in [6.45, 7) is 2.42. The van der Waals surface area contributed by atoms with Gasteiger partial charge >= 0.3 is 4.87 Å². The van der Waals surface area contributed by atoms with Crippen LogP contribution in [0.15, 0.2) is 33.5 Å². The first-order chi connectivity index (χ1) is 12.5. The number of H-pyrrole nitrogens is 1. The van der Waals surface area contributed by atoms with E-state index in [9.17, 15) is 14.7 Å². The molecule has 7 heteroatoms. The summed E-state index contributed by atoms with van der Waals surface area (Å²) in [5.41, 5.74) is 1.41. The number of hydrogen-bond acceptors (Lipinski definition) is 5. The Bertz CT molecular complexity index is 954. The normalized spacial score (nSPS) is 11.1. The van der Waals surface area contributed by atoms with Gasteiger partial charge in [0.05, 0.1) is 4.70 Å². The summed E-state index contributed by atoms with van der Waals surface area (Å²) in [4.78, 5) is 25.9. The fourth-order valence-electron chi connectivity index (χ4n) is 2.90. The highest BCUT2D eigenvalue weighted by atomic mass is 32.1. The third kappa shape index (κ3) is 4.54. The molecule has 3 rings (SSSR count). The summed E-state index contributed by atoms with van der Waals surface area (Å²) >= 11 is 1.08. The maximum atomic E-state index is 11.9. The molecule has 0 spiro atoms. The van der Waals surface area contributed by atoms with E-state index in [0.717, 1.165) is 52.4 Å². The van der Waals surface area contributed by atoms with Gasteiger partial charge in [0.1, 0.15) is 22.8 Å². The molecular weight excluding hydrogens is 352 g/mol. The van der Waals surface area contributed by atoms with E-state index in [1.807, 2.05) is 19.1 Å². The summed E-state index contributed by atoms with van der Waals surface area (Å²) in [6.07, 6.45) is 3.67. The molecule has 0 saturated carbocycles. The zero-order chi connectivity index (χ0) is 18.5. The first-order valence-electron chi connectivity index (χ1n) is 8.68. The minimum Gasteiger partial charge on any atom is -0.506 e. The second-order valence-corrected chi connectivity index (χ2v) is 7.27. The number of benzene rings is 1. The third-order valence-electron chi connectivity index (χ3n) is 4.23. The van der Waals surface area contributed by atoms with Crippen LogP contribution in [0.5, 0.6) is 5.75 Å². The molecule has 0 unspecified atom stereocenters. The topological polar surface area (TPSA) is 95.3 Å². The lowest BCUT2D eigenvalue weighted by atomic mass is 10.1. The number of phenolic OH excluding ortho intramolecular Hbond substituents is 1. The number of fused-ring (bicyclic) bond motifs is 1. The van der Waals surface area contributed by atoms with Crippen LogP contribution < -0.4 is 10.2 Å². The third-order valence-corrected chi connectivity index (χ3v) is 5.19. The monoisotopic (exact) mass is 374 g/mol. The van der Waals surface area contributed by atoms with Crippen LogP contribution in [0, 0.1) is 6.92 Å². The average Bonchev–Trinajstić information content (AvgIpc) is 3.20. The number of nitrogens with one attached hydrogen (secondary N) is 2. The number of carbonyl (C=O) groups excluding carboxylic acids is 1. The zero-order valence-corrected chi connectivity index (χ0v) is 15.4. The van der Waals surface area contributed by atoms with E-state index in [1.165, 1.54) is 0 Å². The Hall–Kier alpha value is -2.54. The number of amides is 1. The molecule has 6 nitrogen and oxygen atoms in total. The van der Waals surface area contributed by atoms with E-state index < -0.39 is 0 Å². The highest BCUT2D eigenvalue weighted by Gasteiger charge is 2.10. The lowest BCUT2D eigenvalue weighted by Gasteiger charge is -2.06. The van der Waals surface area contributed by atoms with Crippen molar-refractivity contribution in [2.24, 2.45) is 0 Å². The zero-order valence-electron chi connectivity index (χ0n) is 14.6. The molecule has 1 aromatic carbocycles. The molecular formula is C19H22N2O4S. The van der Waals surface area contributed by atoms with Gasteiger partial charge in [0.2, 0.25) is 5.91 Å². The van der Waals surface area contributed by atoms with Crippen LogP contribution in [0.3, 0.4) is 0 Å². The molecule has 3 N–H and O–H groups in total. The van der Waals surface area contributed by atoms with Gasteiger partial charge in [-0.15, -0.1) is 0 Å². The Morgan fingerprint density at radius 1 is 1.23 bits per heavy atom. The molecule has 2 heterocycles. The summed E-state index contributed by atoms with van der Waals surface area (Å²) in [6, 6.07) is 7.28. The summed E-state index contributed by atoms with van der Waals surface area (Å²) in [5.74, 6) is 1.97. The Kier molecular flexibility index (Phi) is 5.78. The fourth-order valence-corrected chi connectivity index (χ4v) is 3.80. The first kappa shape index (κ1) is 18.3. The van der Waals surface area contributed by atoms with Crippen LogP contribution in [-0.2, 0) is 17.6 Å². The summed E-state index contributed by atoms with van der Waals surface area (Å²) in [7, 11) is 0. The van der Waals surface area contributed by atoms with Gasteiger partial charge < -0.3 is 19.8 Å². The molecule has 138 valence electrons. The number of furan rings is 1. The molecule has 26 heavy (non-hydrogen) atoms. The van der Waals surface area contributed by atoms with Gasteiger partial charge in [-0.3, -0.25) is 9.59 Å². The van der Waals surface area contributed by atoms with Crippen molar-refractivity contribution in [3.8, 4) is 5.75 Å². The molecule has 0 aliphatic heterocycles. The van der Waals surface area contributed by atoms with Gasteiger partial charge in [0.25, 0.3) is 0 Å². The number of rotatable bonds is 8. The van der Waals surface area contributed by atoms with E-state index >= 15 is 0 Å². The summed E-state index contributed by atoms with van der Waals surface area (Å²) < 4.78 is 6.26. The molecule has 2 aromatic heterocycles. The van der Waals surface area contributed by atoms with Gasteiger partial charge in [-0.05, 0) is 49.9 Å². The van der Waals surface area contributed by atoms with Crippen molar-refractivity contribution in [2.45, 2.75) is 39.0 Å². The highest BCUT2D eigenvalue weighted by molar-refractivity contribution is 7.16. The quantitative estimate of drug-likeness (QED) is 0.527. The number of carbonyl (C=O) groups is 1. The lowest BCUT2D eigenvalue weighted by Crippen LogP contribution is -2.25. The smallest absolute Gasteiger partial charge is 0.305 e. The van der Waals surface area contributed by atoms with Crippen molar-refractivity contribution in [3.05, 3.63) is 51.0 Å². The Balaban J connectivity index is 1.41. The molecule has 0 bridgehead atoms. The van der Waals surface area contributed by atoms with Crippen molar-refractivity contribution < 1.29 is 14.3 Å². The largest absolute Gasteiger partial charge is 0.506 e. The van der Waals surface area contributed by atoms with Gasteiger partial charge in [-0.2, -0.15) is 0 Å². The maximum Gasteiger partial charge on any atom is 0.305 e. The molecule has 0 saturated heterocycles. The van der Waals surface area contributed by atoms with Crippen molar-refractivity contribution in [1.29, 1.82) is 0 Å². The van der Waals surface area contributed by atoms with Gasteiger partial charge in [-0.25, -0.2) is 0 Å². The van der Waals surface area contributed by atoms with Crippen LogP contribution >= 0.6 is 11.3 Å². The predicted octanol–water partition coefficient (Wildman–Crippen LogP) is 3.27. The lowest BCUT2D eigenvalue weighted by molar-refractivity contribution is -0.121. The van der Waals surface area contributed by atoms with Crippen LogP contribution in [0.2, 0.25) is 0 Å². The van der Waals surface area contributed by atoms with Gasteiger partial charge in [-0.1, -0.05) is 17.4 Å². The maximum absolute atomic E-state index is 11.9. The second kappa shape index (κ2) is 8.23. The number of aryl methyl sites for hydroxylation is 2. The van der Waals surface area contributed by atoms with E-state index in [4.69, 9.17) is 4.42 Å². The van der Waals surface area contributed by atoms with Crippen LogP contribution in [0.25, 0.3) is 10.2 Å². The molecule has 0 atom stereocenters. The number of aromatic hydroxyl groups is 1. The molecule has 0 fully saturated rings. The van der Waals surface area contributed by atoms with Crippen molar-refractivity contribution in [2.75, 3.05) is 6.54 Å². The number of thiazole rings is 1. The fraction of sp³-hybridized carbons (Fsp3) is 0.368. The number of hydrogen-bond donors (Lipinski definition) is 3. The average molecular weight is 374 g/mol. The Morgan fingerprint density at radius 3 is 2.85 bits per heavy atom. The van der Waals surface area contributed by atoms with E-state index in [2.05, 4.69) is 10.3 Å². The minimum absolute atomic E-state index is 0.0258. The van der Waals surface area contributed by atoms with Crippen molar-refractivity contribution >= 4 is 27.5 Å². The highest BCUT2D eigenvalue weighted by Crippen LogP contribution is 2.27. The number of phenols is 1. The van der Waals surface area contributed by atoms with Crippen LogP contribution in [-0.4, -0.2) is 22.5 Å². The predicted molar refractivity (Wildman–Crippen MR) is 102 cm³/mol. The van der Waals surface area contributed by atoms with Crippen LogP contribution in [0.4, 0.5) is 0 Å². The Morgan fingerprint density at radius 2 is 2.08 bits per heavy atom. The SMILES string of the molecule is Cc1ccc(CCCCC(=O)NCCc2ccc(O)c3[nH]c(=O)sc23)o1. The molecule has 0 aliphatic carbocycles. The standard InChI is InChI=1S/C19H22N2O4S/c1-12-6-8-14(25-12)4-2-3-5-16(23)20-11-10-13-7-9-15(22)17-18(13)26-19(24)21-17/h6-9,22H,2-5,10-11H2,1H3,(H,20,23)(H,21,24). The van der Waals surface area contributed by atoms with Gasteiger partial charge in [0.15, 0.2) is 0 Å². The minimum atomic E-state index is -0.196. The number of aromatic amines is 1. The summed E-state index contributed by atoms with van der Waals surface area (Å²) in [5, 5.41) is 12.7. The number of unbranched alkanes of at least 4 members (excludes halogenated alkanes) is 1. The molecule has 0 radical (unpaired) electrons. The molecule has 1 amide bonds. The van der Waals surface area contributed by atoms with Crippen molar-refractivity contribution in [3.63, 3.8) is 0 Å². The Labute approximate surface area is 154 Å². The van der Waals surface area contributed by atoms with Crippen LogP contribution in [0.1, 0.15) is 36.3 Å². The first-order valence-corrected chi connectivity index (χ1v) is 9.50. The van der Waals surface area contributed by atoms with E-state index in [1.54, 1.807) is 12.1 Å². The second-order valence-electron chi connectivity index (χ2n) is 6.28. The van der Waals surface area contributed by atoms with E-state index in [-0.39, 0.29) is 16.5 Å². The van der Waals surface area contributed by atoms with E-state index in [0.29, 0.717) is 24.9 Å². The molecule has 3 aromatic rings. The van der Waals surface area contributed by atoms with Gasteiger partial charge in [0, 0.05) is 19.4 Å². The van der Waals surface area contributed by atoms with Crippen molar-refractivity contribution in [1.82, 2.24) is 10.3 Å². The molecule has 0 aliphatic rings. The number of aromatic nitrogens is 1.